The molecule has 0 bridgehead atoms. The van der Waals surface area contributed by atoms with Gasteiger partial charge in [-0.1, -0.05) is 12.1 Å². The first-order valence-electron chi connectivity index (χ1n) is 5.43. The highest BCUT2D eigenvalue weighted by Gasteiger charge is 2.18. The molecule has 0 spiro atoms. The minimum absolute atomic E-state index is 0.133. The average Bonchev–Trinajstić information content (AvgIpc) is 2.96. The molecule has 2 aromatic rings. The molecule has 0 saturated heterocycles. The minimum Gasteiger partial charge on any atom is -0.361 e. The second-order valence-electron chi connectivity index (χ2n) is 3.70. The Balaban J connectivity index is 2.10. The molecule has 2 heterocycles. The third-order valence-corrected chi connectivity index (χ3v) is 2.56. The van der Waals surface area contributed by atoms with Gasteiger partial charge in [0.25, 0.3) is 5.91 Å². The molecule has 1 unspecified atom stereocenters. The van der Waals surface area contributed by atoms with E-state index >= 15 is 0 Å². The van der Waals surface area contributed by atoms with Gasteiger partial charge in [0.15, 0.2) is 0 Å². The van der Waals surface area contributed by atoms with Crippen molar-refractivity contribution in [2.75, 3.05) is 0 Å². The van der Waals surface area contributed by atoms with Gasteiger partial charge in [0.1, 0.15) is 17.1 Å². The van der Waals surface area contributed by atoms with Crippen LogP contribution in [0.4, 0.5) is 0 Å². The third kappa shape index (κ3) is 2.35. The molecule has 0 saturated carbocycles. The van der Waals surface area contributed by atoms with Crippen molar-refractivity contribution in [3.8, 4) is 0 Å². The zero-order chi connectivity index (χ0) is 12.3. The largest absolute Gasteiger partial charge is 0.361 e. The van der Waals surface area contributed by atoms with E-state index in [1.807, 2.05) is 6.92 Å². The maximum Gasteiger partial charge on any atom is 0.257 e. The molecule has 0 aliphatic rings. The summed E-state index contributed by atoms with van der Waals surface area (Å²) < 4.78 is 4.86. The number of rotatable bonds is 4. The predicted molar refractivity (Wildman–Crippen MR) is 60.3 cm³/mol. The van der Waals surface area contributed by atoms with Crippen LogP contribution in [0.3, 0.4) is 0 Å². The second kappa shape index (κ2) is 4.82. The number of amides is 1. The molecule has 2 aromatic heterocycles. The molecule has 0 radical (unpaired) electrons. The molecule has 1 amide bonds. The zero-order valence-electron chi connectivity index (χ0n) is 9.73. The number of aromatic nitrogens is 3. The normalized spacial score (nSPS) is 12.4. The van der Waals surface area contributed by atoms with Crippen molar-refractivity contribution in [1.82, 2.24) is 20.4 Å². The topological polar surface area (TPSA) is 83.8 Å². The van der Waals surface area contributed by atoms with E-state index in [-0.39, 0.29) is 11.9 Å². The van der Waals surface area contributed by atoms with Crippen LogP contribution in [0.15, 0.2) is 23.1 Å². The number of carbonyl (C=O) groups is 1. The van der Waals surface area contributed by atoms with Crippen LogP contribution in [0, 0.1) is 6.92 Å². The number of nitrogens with zero attached hydrogens (tertiary/aromatic N) is 2. The van der Waals surface area contributed by atoms with Gasteiger partial charge in [0, 0.05) is 12.4 Å². The molecule has 6 heteroatoms. The molecule has 1 atom stereocenters. The summed E-state index contributed by atoms with van der Waals surface area (Å²) in [6, 6.07) is -0.133. The molecule has 6 nitrogen and oxygen atoms in total. The number of aromatic amines is 1. The molecular formula is C11H14N4O2. The maximum absolute atomic E-state index is 11.9. The molecule has 0 fully saturated rings. The fourth-order valence-electron chi connectivity index (χ4n) is 1.58. The lowest BCUT2D eigenvalue weighted by atomic mass is 10.2. The van der Waals surface area contributed by atoms with Crippen LogP contribution in [0.5, 0.6) is 0 Å². The minimum atomic E-state index is -0.202. The van der Waals surface area contributed by atoms with E-state index in [1.165, 1.54) is 6.20 Å². The second-order valence-corrected chi connectivity index (χ2v) is 3.70. The Morgan fingerprint density at radius 3 is 3.00 bits per heavy atom. The van der Waals surface area contributed by atoms with Crippen LogP contribution in [0.2, 0.25) is 0 Å². The zero-order valence-corrected chi connectivity index (χ0v) is 9.73. The number of imidazole rings is 1. The first-order chi connectivity index (χ1) is 8.22. The van der Waals surface area contributed by atoms with E-state index in [0.29, 0.717) is 11.3 Å². The van der Waals surface area contributed by atoms with Gasteiger partial charge in [-0.05, 0) is 13.3 Å². The fourth-order valence-corrected chi connectivity index (χ4v) is 1.58. The van der Waals surface area contributed by atoms with Crippen molar-refractivity contribution in [3.63, 3.8) is 0 Å². The Kier molecular flexibility index (Phi) is 3.22. The lowest BCUT2D eigenvalue weighted by molar-refractivity contribution is 0.0932. The van der Waals surface area contributed by atoms with Crippen LogP contribution < -0.4 is 5.32 Å². The van der Waals surface area contributed by atoms with Gasteiger partial charge in [-0.15, -0.1) is 0 Å². The summed E-state index contributed by atoms with van der Waals surface area (Å²) in [5.41, 5.74) is 0.454. The molecule has 2 N–H and O–H groups in total. The van der Waals surface area contributed by atoms with Crippen LogP contribution in [-0.2, 0) is 0 Å². The van der Waals surface area contributed by atoms with Gasteiger partial charge in [0.05, 0.1) is 12.2 Å². The van der Waals surface area contributed by atoms with Crippen LogP contribution >= 0.6 is 0 Å². The highest BCUT2D eigenvalue weighted by Crippen LogP contribution is 2.13. The summed E-state index contributed by atoms with van der Waals surface area (Å²) in [5.74, 6) is 1.05. The molecular weight excluding hydrogens is 220 g/mol. The first kappa shape index (κ1) is 11.4. The maximum atomic E-state index is 11.9. The molecule has 0 aliphatic carbocycles. The molecule has 17 heavy (non-hydrogen) atoms. The van der Waals surface area contributed by atoms with Gasteiger partial charge in [-0.2, -0.15) is 0 Å². The van der Waals surface area contributed by atoms with Crippen molar-refractivity contribution in [2.45, 2.75) is 26.3 Å². The number of hydrogen-bond donors (Lipinski definition) is 2. The average molecular weight is 234 g/mol. The summed E-state index contributed by atoms with van der Waals surface area (Å²) in [5, 5.41) is 6.46. The van der Waals surface area contributed by atoms with Gasteiger partial charge < -0.3 is 14.8 Å². The van der Waals surface area contributed by atoms with Crippen molar-refractivity contribution in [3.05, 3.63) is 35.7 Å². The number of H-pyrrole nitrogens is 1. The van der Waals surface area contributed by atoms with Crippen LogP contribution in [0.1, 0.15) is 41.3 Å². The Morgan fingerprint density at radius 2 is 2.47 bits per heavy atom. The number of hydrogen-bond acceptors (Lipinski definition) is 4. The SMILES string of the molecule is CCC(NC(=O)c1cnoc1C)c1ncc[nH]1. The van der Waals surface area contributed by atoms with Crippen LogP contribution in [-0.4, -0.2) is 21.0 Å². The first-order valence-corrected chi connectivity index (χ1v) is 5.43. The monoisotopic (exact) mass is 234 g/mol. The van der Waals surface area contributed by atoms with Crippen molar-refractivity contribution in [1.29, 1.82) is 0 Å². The molecule has 0 aromatic carbocycles. The summed E-state index contributed by atoms with van der Waals surface area (Å²) in [6.07, 6.45) is 5.56. The quantitative estimate of drug-likeness (QED) is 0.841. The van der Waals surface area contributed by atoms with E-state index in [0.717, 1.165) is 12.2 Å². The van der Waals surface area contributed by atoms with Gasteiger partial charge in [-0.25, -0.2) is 4.98 Å². The lowest BCUT2D eigenvalue weighted by Crippen LogP contribution is -2.29. The van der Waals surface area contributed by atoms with E-state index in [9.17, 15) is 4.79 Å². The number of nitrogens with one attached hydrogen (secondary N) is 2. The summed E-state index contributed by atoms with van der Waals surface area (Å²) in [7, 11) is 0. The third-order valence-electron chi connectivity index (χ3n) is 2.56. The Bertz CT molecular complexity index is 489. The van der Waals surface area contributed by atoms with Crippen molar-refractivity contribution < 1.29 is 9.32 Å². The standard InChI is InChI=1S/C11H14N4O2/c1-3-9(10-12-4-5-13-10)15-11(16)8-6-14-17-7(8)2/h4-6,9H,3H2,1-2H3,(H,12,13)(H,15,16). The Morgan fingerprint density at radius 1 is 1.65 bits per heavy atom. The molecule has 0 aliphatic heterocycles. The summed E-state index contributed by atoms with van der Waals surface area (Å²) in [6.45, 7) is 3.68. The van der Waals surface area contributed by atoms with Crippen molar-refractivity contribution >= 4 is 5.91 Å². The molecule has 2 rings (SSSR count). The van der Waals surface area contributed by atoms with Gasteiger partial charge >= 0.3 is 0 Å². The summed E-state index contributed by atoms with van der Waals surface area (Å²) in [4.78, 5) is 19.1. The lowest BCUT2D eigenvalue weighted by Gasteiger charge is -2.13. The number of carbonyl (C=O) groups excluding carboxylic acids is 1. The number of aryl methyl sites for hydroxylation is 1. The van der Waals surface area contributed by atoms with Gasteiger partial charge in [-0.3, -0.25) is 4.79 Å². The Hall–Kier alpha value is -2.11. The molecule has 90 valence electrons. The Labute approximate surface area is 98.4 Å². The van der Waals surface area contributed by atoms with Crippen molar-refractivity contribution in [2.24, 2.45) is 0 Å². The fraction of sp³-hybridized carbons (Fsp3) is 0.364. The highest BCUT2D eigenvalue weighted by atomic mass is 16.5. The van der Waals surface area contributed by atoms with E-state index in [4.69, 9.17) is 4.52 Å². The van der Waals surface area contributed by atoms with E-state index < -0.39 is 0 Å². The van der Waals surface area contributed by atoms with E-state index in [1.54, 1.807) is 19.3 Å². The van der Waals surface area contributed by atoms with Gasteiger partial charge in [0.2, 0.25) is 0 Å². The highest BCUT2D eigenvalue weighted by molar-refractivity contribution is 5.94. The predicted octanol–water partition coefficient (Wildman–Crippen LogP) is 1.59. The van der Waals surface area contributed by atoms with Crippen LogP contribution in [0.25, 0.3) is 0 Å². The van der Waals surface area contributed by atoms with E-state index in [2.05, 4.69) is 20.4 Å². The summed E-state index contributed by atoms with van der Waals surface area (Å²) >= 11 is 0. The smallest absolute Gasteiger partial charge is 0.257 e.